The van der Waals surface area contributed by atoms with Gasteiger partial charge in [-0.25, -0.2) is 14.2 Å². The van der Waals surface area contributed by atoms with E-state index in [0.29, 0.717) is 65.9 Å². The van der Waals surface area contributed by atoms with E-state index >= 15 is 0 Å². The smallest absolute Gasteiger partial charge is 0.420 e. The van der Waals surface area contributed by atoms with Gasteiger partial charge in [0.2, 0.25) is 6.41 Å². The molecule has 0 radical (unpaired) electrons. The summed E-state index contributed by atoms with van der Waals surface area (Å²) in [5.74, 6) is 1.06. The second kappa shape index (κ2) is 11.6. The maximum Gasteiger partial charge on any atom is 0.420 e. The monoisotopic (exact) mass is 534 g/mol. The molecule has 1 N–H and O–H groups in total. The summed E-state index contributed by atoms with van der Waals surface area (Å²) in [4.78, 5) is 28.2. The minimum Gasteiger partial charge on any atom is -0.491 e. The number of hydrogen-bond donors (Lipinski definition) is 1. The van der Waals surface area contributed by atoms with Crippen molar-refractivity contribution in [2.45, 2.75) is 45.8 Å². The number of hydrogen-bond acceptors (Lipinski definition) is 8. The van der Waals surface area contributed by atoms with Gasteiger partial charge in [0.15, 0.2) is 0 Å². The Labute approximate surface area is 227 Å². The molecule has 1 atom stereocenters. The highest BCUT2D eigenvalue weighted by Gasteiger charge is 2.32. The highest BCUT2D eigenvalue weighted by molar-refractivity contribution is 5.98. The highest BCUT2D eigenvalue weighted by Crippen LogP contribution is 2.38. The third-order valence-electron chi connectivity index (χ3n) is 6.33. The van der Waals surface area contributed by atoms with Gasteiger partial charge in [0, 0.05) is 31.8 Å². The summed E-state index contributed by atoms with van der Waals surface area (Å²) in [6.07, 6.45) is 2.56. The number of aromatic nitrogens is 2. The second-order valence-electron chi connectivity index (χ2n) is 10.3. The van der Waals surface area contributed by atoms with Crippen molar-refractivity contribution in [2.75, 3.05) is 43.6 Å². The summed E-state index contributed by atoms with van der Waals surface area (Å²) in [6.45, 7) is 9.25. The van der Waals surface area contributed by atoms with Gasteiger partial charge in [0.05, 0.1) is 29.7 Å². The van der Waals surface area contributed by atoms with Crippen LogP contribution >= 0.6 is 0 Å². The molecule has 0 saturated carbocycles. The second-order valence-corrected chi connectivity index (χ2v) is 10.3. The normalized spacial score (nSPS) is 15.2. The summed E-state index contributed by atoms with van der Waals surface area (Å²) in [5.41, 5.74) is 1.95. The molecule has 1 unspecified atom stereocenters. The Hall–Kier alpha value is -4.30. The average molecular weight is 535 g/mol. The molecule has 1 aromatic carbocycles. The van der Waals surface area contributed by atoms with Crippen LogP contribution in [0.1, 0.15) is 38.3 Å². The van der Waals surface area contributed by atoms with Gasteiger partial charge in [-0.3, -0.25) is 4.79 Å². The molecule has 4 rings (SSSR count). The maximum absolute atomic E-state index is 13.7. The van der Waals surface area contributed by atoms with Crippen molar-refractivity contribution in [3.05, 3.63) is 47.7 Å². The van der Waals surface area contributed by atoms with Gasteiger partial charge in [-0.15, -0.1) is 0 Å². The van der Waals surface area contributed by atoms with Crippen LogP contribution in [0, 0.1) is 18.3 Å². The van der Waals surface area contributed by atoms with Crippen LogP contribution in [0.15, 0.2) is 36.5 Å². The Morgan fingerprint density at radius 2 is 2.00 bits per heavy atom. The fourth-order valence-corrected chi connectivity index (χ4v) is 4.56. The molecule has 39 heavy (non-hydrogen) atoms. The first-order valence-electron chi connectivity index (χ1n) is 12.8. The summed E-state index contributed by atoms with van der Waals surface area (Å²) >= 11 is 0. The van der Waals surface area contributed by atoms with Crippen LogP contribution in [-0.2, 0) is 14.3 Å². The van der Waals surface area contributed by atoms with Crippen molar-refractivity contribution in [3.63, 3.8) is 0 Å². The number of carbonyl (C=O) groups is 2. The lowest BCUT2D eigenvalue weighted by Gasteiger charge is -2.30. The first-order chi connectivity index (χ1) is 18.7. The molecular formula is C28H34N6O5. The number of ether oxygens (including phenoxy) is 3. The number of carbonyl (C=O) groups excluding carboxylic acids is 2. The van der Waals surface area contributed by atoms with E-state index in [0.717, 1.165) is 12.8 Å². The highest BCUT2D eigenvalue weighted by atomic mass is 16.6. The first kappa shape index (κ1) is 27.7. The van der Waals surface area contributed by atoms with E-state index in [2.05, 4.69) is 16.5 Å². The molecule has 1 saturated heterocycles. The molecule has 2 aromatic heterocycles. The minimum absolute atomic E-state index is 0.0438. The van der Waals surface area contributed by atoms with Crippen LogP contribution in [-0.4, -0.2) is 72.1 Å². The number of nitrogens with one attached hydrogen (secondary N) is 1. The number of anilines is 3. The predicted octanol–water partition coefficient (Wildman–Crippen LogP) is 4.26. The number of likely N-dealkylation sites (tertiary alicyclic amines) is 1. The van der Waals surface area contributed by atoms with Crippen molar-refractivity contribution >= 4 is 35.2 Å². The molecule has 2 amide bonds. The zero-order valence-electron chi connectivity index (χ0n) is 22.9. The minimum atomic E-state index is -0.758. The third-order valence-corrected chi connectivity index (χ3v) is 6.33. The molecular weight excluding hydrogens is 500 g/mol. The van der Waals surface area contributed by atoms with Crippen molar-refractivity contribution in [2.24, 2.45) is 0 Å². The predicted molar refractivity (Wildman–Crippen MR) is 146 cm³/mol. The van der Waals surface area contributed by atoms with Crippen LogP contribution in [0.2, 0.25) is 0 Å². The molecule has 1 aliphatic rings. The van der Waals surface area contributed by atoms with Gasteiger partial charge < -0.3 is 24.4 Å². The van der Waals surface area contributed by atoms with E-state index in [1.54, 1.807) is 73.8 Å². The van der Waals surface area contributed by atoms with Gasteiger partial charge in [-0.2, -0.15) is 10.4 Å². The van der Waals surface area contributed by atoms with Gasteiger partial charge in [-0.1, -0.05) is 0 Å². The van der Waals surface area contributed by atoms with Crippen LogP contribution < -0.4 is 15.0 Å². The zero-order valence-corrected chi connectivity index (χ0v) is 22.9. The number of benzene rings is 1. The fraction of sp³-hybridized carbons (Fsp3) is 0.429. The van der Waals surface area contributed by atoms with Gasteiger partial charge in [-0.05, 0) is 64.4 Å². The molecule has 0 spiro atoms. The van der Waals surface area contributed by atoms with Crippen molar-refractivity contribution in [1.29, 1.82) is 5.26 Å². The maximum atomic E-state index is 13.7. The van der Waals surface area contributed by atoms with E-state index in [1.165, 1.54) is 4.90 Å². The Morgan fingerprint density at radius 3 is 2.62 bits per heavy atom. The molecule has 1 aliphatic heterocycles. The van der Waals surface area contributed by atoms with Crippen molar-refractivity contribution < 1.29 is 23.8 Å². The van der Waals surface area contributed by atoms with Crippen LogP contribution in [0.5, 0.6) is 5.75 Å². The Balaban J connectivity index is 1.84. The number of nitriles is 1. The lowest BCUT2D eigenvalue weighted by Crippen LogP contribution is -2.35. The average Bonchev–Trinajstić information content (AvgIpc) is 3.56. The van der Waals surface area contributed by atoms with Gasteiger partial charge in [0.1, 0.15) is 35.4 Å². The summed E-state index contributed by atoms with van der Waals surface area (Å²) in [5, 5.41) is 18.1. The lowest BCUT2D eigenvalue weighted by molar-refractivity contribution is -0.117. The van der Waals surface area contributed by atoms with E-state index in [4.69, 9.17) is 14.2 Å². The fourth-order valence-electron chi connectivity index (χ4n) is 4.56. The molecule has 3 aromatic rings. The molecule has 3 heterocycles. The summed E-state index contributed by atoms with van der Waals surface area (Å²) in [6, 6.07) is 11.1. The molecule has 11 heteroatoms. The Kier molecular flexibility index (Phi) is 8.26. The standard InChI is InChI=1S/C28H34N6O5/c1-19-25(31-20-11-13-32(17-20)18-35)23(16-29)24-10-12-30-34(24)26(19)33(27(36)39-28(2,3)4)21-6-8-22(9-7-21)38-15-14-37-5/h6-10,12,18,20,31H,11,13-15,17H2,1-5H3. The SMILES string of the molecule is COCCOc1ccc(N(C(=O)OC(C)(C)C)c2c(C)c(NC3CCN(C=O)C3)c(C#N)c3ccnn23)cc1. The number of methoxy groups -OCH3 is 1. The number of fused-ring (bicyclic) bond motifs is 1. The van der Waals surface area contributed by atoms with Crippen LogP contribution in [0.3, 0.4) is 0 Å². The van der Waals surface area contributed by atoms with Crippen LogP contribution in [0.25, 0.3) is 5.52 Å². The first-order valence-corrected chi connectivity index (χ1v) is 12.8. The number of rotatable bonds is 9. The largest absolute Gasteiger partial charge is 0.491 e. The zero-order chi connectivity index (χ0) is 28.2. The number of nitrogens with zero attached hydrogens (tertiary/aromatic N) is 5. The molecule has 0 bridgehead atoms. The quantitative estimate of drug-likeness (QED) is 0.319. The molecule has 1 fully saturated rings. The summed E-state index contributed by atoms with van der Waals surface area (Å²) < 4.78 is 18.1. The van der Waals surface area contributed by atoms with Crippen LogP contribution in [0.4, 0.5) is 22.0 Å². The van der Waals surface area contributed by atoms with E-state index in [9.17, 15) is 14.9 Å². The van der Waals surface area contributed by atoms with E-state index in [1.807, 2.05) is 6.92 Å². The van der Waals surface area contributed by atoms with Gasteiger partial charge >= 0.3 is 6.09 Å². The number of pyridine rings is 1. The topological polar surface area (TPSA) is 121 Å². The Morgan fingerprint density at radius 1 is 1.26 bits per heavy atom. The third kappa shape index (κ3) is 6.07. The van der Waals surface area contributed by atoms with Gasteiger partial charge in [0.25, 0.3) is 0 Å². The lowest BCUT2D eigenvalue weighted by atomic mass is 10.1. The van der Waals surface area contributed by atoms with Crippen molar-refractivity contribution in [3.8, 4) is 11.8 Å². The molecule has 0 aliphatic carbocycles. The summed E-state index contributed by atoms with van der Waals surface area (Å²) in [7, 11) is 1.61. The number of amides is 2. The van der Waals surface area contributed by atoms with Crippen molar-refractivity contribution in [1.82, 2.24) is 14.5 Å². The van der Waals surface area contributed by atoms with E-state index < -0.39 is 11.7 Å². The molecule has 11 nitrogen and oxygen atoms in total. The Bertz CT molecular complexity index is 1370. The van der Waals surface area contributed by atoms with E-state index in [-0.39, 0.29) is 6.04 Å². The molecule has 206 valence electrons.